The quantitative estimate of drug-likeness (QED) is 0.191. The van der Waals surface area contributed by atoms with Gasteiger partial charge in [-0.3, -0.25) is 9.59 Å². The van der Waals surface area contributed by atoms with E-state index in [2.05, 4.69) is 62.4 Å². The van der Waals surface area contributed by atoms with Gasteiger partial charge >= 0.3 is 0 Å². The molecule has 0 N–H and O–H groups in total. The van der Waals surface area contributed by atoms with Gasteiger partial charge in [0.05, 0.1) is 25.2 Å². The number of halogens is 3. The molecule has 5 rings (SSSR count). The van der Waals surface area contributed by atoms with Gasteiger partial charge in [-0.1, -0.05) is 42.0 Å². The van der Waals surface area contributed by atoms with Crippen LogP contribution in [-0.4, -0.2) is 23.0 Å². The maximum absolute atomic E-state index is 12.8. The van der Waals surface area contributed by atoms with Gasteiger partial charge in [0, 0.05) is 10.6 Å². The summed E-state index contributed by atoms with van der Waals surface area (Å²) < 4.78 is 7.84. The number of carbonyl (C=O) groups excluding carboxylic acids is 2. The molecule has 2 bridgehead atoms. The Morgan fingerprint density at radius 2 is 1.68 bits per heavy atom. The standard InChI is InChI=1S/C23H17ClI2N2O3/c24-16-4-2-1-3-15(16)11-31-21-17(25)7-12(8-18(21)26)10-27-28-22(29)19-13-5-6-14(9-13)20(19)23(28)30/h1-8,10,13-14,19-20H,9,11H2/b27-10-/t13-,14-,19+,20+/m0/s1. The van der Waals surface area contributed by atoms with E-state index in [0.717, 1.165) is 35.4 Å². The lowest BCUT2D eigenvalue weighted by Gasteiger charge is -2.13. The number of hydrogen-bond acceptors (Lipinski definition) is 4. The number of hydrogen-bond donors (Lipinski definition) is 0. The highest BCUT2D eigenvalue weighted by atomic mass is 127. The van der Waals surface area contributed by atoms with E-state index in [4.69, 9.17) is 16.3 Å². The van der Waals surface area contributed by atoms with E-state index in [0.29, 0.717) is 11.6 Å². The van der Waals surface area contributed by atoms with Crippen LogP contribution in [-0.2, 0) is 16.2 Å². The van der Waals surface area contributed by atoms with Gasteiger partial charge in [0.15, 0.2) is 0 Å². The zero-order valence-corrected chi connectivity index (χ0v) is 21.2. The van der Waals surface area contributed by atoms with Crippen molar-refractivity contribution in [3.05, 3.63) is 71.8 Å². The molecule has 0 aromatic heterocycles. The van der Waals surface area contributed by atoms with Crippen LogP contribution in [0.2, 0.25) is 5.02 Å². The third-order valence-electron chi connectivity index (χ3n) is 6.12. The first-order chi connectivity index (χ1) is 14.9. The Hall–Kier alpha value is -1.46. The van der Waals surface area contributed by atoms with Gasteiger partial charge < -0.3 is 4.74 Å². The number of amides is 2. The van der Waals surface area contributed by atoms with Crippen LogP contribution in [0.15, 0.2) is 53.7 Å². The third-order valence-corrected chi connectivity index (χ3v) is 8.09. The number of imide groups is 1. The van der Waals surface area contributed by atoms with Crippen molar-refractivity contribution in [2.75, 3.05) is 0 Å². The highest BCUT2D eigenvalue weighted by Gasteiger charge is 2.59. The first kappa shape index (κ1) is 21.4. The first-order valence-electron chi connectivity index (χ1n) is 9.89. The van der Waals surface area contributed by atoms with Gasteiger partial charge in [-0.25, -0.2) is 0 Å². The minimum atomic E-state index is -0.236. The van der Waals surface area contributed by atoms with E-state index >= 15 is 0 Å². The Morgan fingerprint density at radius 1 is 1.06 bits per heavy atom. The number of benzene rings is 2. The zero-order valence-electron chi connectivity index (χ0n) is 16.2. The molecule has 8 heteroatoms. The van der Waals surface area contributed by atoms with Crippen LogP contribution in [0.4, 0.5) is 0 Å². The van der Waals surface area contributed by atoms with Crippen molar-refractivity contribution >= 4 is 74.8 Å². The number of hydrazone groups is 1. The lowest BCUT2D eigenvalue weighted by atomic mass is 9.85. The fourth-order valence-corrected chi connectivity index (χ4v) is 7.00. The Labute approximate surface area is 212 Å². The van der Waals surface area contributed by atoms with Gasteiger partial charge in [-0.15, -0.1) is 0 Å². The monoisotopic (exact) mass is 658 g/mol. The topological polar surface area (TPSA) is 59.0 Å². The largest absolute Gasteiger partial charge is 0.487 e. The lowest BCUT2D eigenvalue weighted by molar-refractivity contribution is -0.140. The van der Waals surface area contributed by atoms with Crippen molar-refractivity contribution < 1.29 is 14.3 Å². The van der Waals surface area contributed by atoms with Crippen molar-refractivity contribution in [2.45, 2.75) is 13.0 Å². The van der Waals surface area contributed by atoms with E-state index < -0.39 is 0 Å². The Kier molecular flexibility index (Phi) is 5.85. The molecule has 3 aliphatic rings. The highest BCUT2D eigenvalue weighted by Crippen LogP contribution is 2.52. The molecule has 1 saturated heterocycles. The molecule has 31 heavy (non-hydrogen) atoms. The summed E-state index contributed by atoms with van der Waals surface area (Å²) in [5.74, 6) is 0.315. The summed E-state index contributed by atoms with van der Waals surface area (Å²) in [4.78, 5) is 25.5. The van der Waals surface area contributed by atoms with E-state index in [-0.39, 0.29) is 35.5 Å². The number of ether oxygens (including phenoxy) is 1. The maximum Gasteiger partial charge on any atom is 0.254 e. The predicted octanol–water partition coefficient (Wildman–Crippen LogP) is 5.27. The molecule has 2 aliphatic carbocycles. The number of carbonyl (C=O) groups is 2. The maximum atomic E-state index is 12.8. The fraction of sp³-hybridized carbons (Fsp3) is 0.261. The molecule has 2 aromatic carbocycles. The summed E-state index contributed by atoms with van der Waals surface area (Å²) >= 11 is 10.6. The lowest BCUT2D eigenvalue weighted by Crippen LogP contribution is -2.28. The second-order valence-corrected chi connectivity index (χ2v) is 10.7. The summed E-state index contributed by atoms with van der Waals surface area (Å²) in [6.07, 6.45) is 6.65. The minimum absolute atomic E-state index is 0.174. The van der Waals surface area contributed by atoms with Crippen LogP contribution in [0, 0.1) is 30.8 Å². The van der Waals surface area contributed by atoms with Gasteiger partial charge in [0.2, 0.25) is 0 Å². The number of allylic oxidation sites excluding steroid dienone is 2. The fourth-order valence-electron chi connectivity index (χ4n) is 4.68. The number of fused-ring (bicyclic) bond motifs is 5. The molecule has 1 aliphatic heterocycles. The average Bonchev–Trinajstić information content (AvgIpc) is 3.41. The molecule has 2 aromatic rings. The Balaban J connectivity index is 1.31. The molecule has 1 saturated carbocycles. The van der Waals surface area contributed by atoms with Crippen molar-refractivity contribution in [1.82, 2.24) is 5.01 Å². The molecule has 5 nitrogen and oxygen atoms in total. The van der Waals surface area contributed by atoms with Gasteiger partial charge in [0.25, 0.3) is 11.8 Å². The summed E-state index contributed by atoms with van der Waals surface area (Å²) in [6.45, 7) is 0.370. The highest BCUT2D eigenvalue weighted by molar-refractivity contribution is 14.1. The van der Waals surface area contributed by atoms with Crippen LogP contribution < -0.4 is 4.74 Å². The Morgan fingerprint density at radius 3 is 2.29 bits per heavy atom. The van der Waals surface area contributed by atoms with Crippen molar-refractivity contribution in [1.29, 1.82) is 0 Å². The second kappa shape index (κ2) is 8.47. The third kappa shape index (κ3) is 3.82. The average molecular weight is 659 g/mol. The normalized spacial score (nSPS) is 26.4. The Bertz CT molecular complexity index is 1100. The molecule has 0 spiro atoms. The summed E-state index contributed by atoms with van der Waals surface area (Å²) in [5.41, 5.74) is 1.72. The molecular formula is C23H17ClI2N2O3. The minimum Gasteiger partial charge on any atom is -0.487 e. The van der Waals surface area contributed by atoms with Crippen molar-refractivity contribution in [3.8, 4) is 5.75 Å². The van der Waals surface area contributed by atoms with Crippen LogP contribution in [0.25, 0.3) is 0 Å². The molecule has 0 radical (unpaired) electrons. The molecular weight excluding hydrogens is 642 g/mol. The molecule has 1 heterocycles. The summed E-state index contributed by atoms with van der Waals surface area (Å²) in [7, 11) is 0. The van der Waals surface area contributed by atoms with E-state index in [1.54, 1.807) is 6.21 Å². The number of nitrogens with zero attached hydrogens (tertiary/aromatic N) is 2. The van der Waals surface area contributed by atoms with E-state index in [1.165, 1.54) is 0 Å². The zero-order chi connectivity index (χ0) is 21.7. The van der Waals surface area contributed by atoms with E-state index in [1.807, 2.05) is 36.4 Å². The van der Waals surface area contributed by atoms with Gasteiger partial charge in [-0.05, 0) is 87.2 Å². The van der Waals surface area contributed by atoms with Gasteiger partial charge in [-0.2, -0.15) is 10.1 Å². The molecule has 158 valence electrons. The molecule has 2 amide bonds. The summed E-state index contributed by atoms with van der Waals surface area (Å²) in [5, 5.41) is 6.01. The molecule has 0 unspecified atom stereocenters. The van der Waals surface area contributed by atoms with Crippen LogP contribution in [0.1, 0.15) is 17.5 Å². The summed E-state index contributed by atoms with van der Waals surface area (Å²) in [6, 6.07) is 11.4. The number of rotatable bonds is 5. The molecule has 2 fully saturated rings. The van der Waals surface area contributed by atoms with Crippen LogP contribution >= 0.6 is 56.8 Å². The van der Waals surface area contributed by atoms with Crippen LogP contribution in [0.5, 0.6) is 5.75 Å². The van der Waals surface area contributed by atoms with Crippen LogP contribution in [0.3, 0.4) is 0 Å². The van der Waals surface area contributed by atoms with Crippen molar-refractivity contribution in [2.24, 2.45) is 28.8 Å². The SMILES string of the molecule is O=C1[C@H]2[C@H](C(=O)N1/N=C\c1cc(I)c(OCc3ccccc3Cl)c(I)c1)[C@H]1C=C[C@H]2C1. The van der Waals surface area contributed by atoms with Gasteiger partial charge in [0.1, 0.15) is 12.4 Å². The van der Waals surface area contributed by atoms with Crippen molar-refractivity contribution in [3.63, 3.8) is 0 Å². The molecule has 4 atom stereocenters. The van der Waals surface area contributed by atoms with E-state index in [9.17, 15) is 9.59 Å². The second-order valence-electron chi connectivity index (χ2n) is 7.93. The first-order valence-corrected chi connectivity index (χ1v) is 12.4. The smallest absolute Gasteiger partial charge is 0.254 e. The predicted molar refractivity (Wildman–Crippen MR) is 135 cm³/mol.